The molecule has 3 aliphatic carbocycles. The molecule has 0 spiro atoms. The summed E-state index contributed by atoms with van der Waals surface area (Å²) in [4.78, 5) is 24.1. The SMILES string of the molecule is C=C(CO)C(=O)OCCOC1CCC(c2ccc(OC(=O)C(C)CO)cc2C2CCC(C3CCC(CC)CC3)CC2)CC1. The summed E-state index contributed by atoms with van der Waals surface area (Å²) in [7, 11) is 0. The van der Waals surface area contributed by atoms with Crippen molar-refractivity contribution < 1.29 is 34.0 Å². The summed E-state index contributed by atoms with van der Waals surface area (Å²) in [6.07, 6.45) is 16.0. The van der Waals surface area contributed by atoms with Gasteiger partial charge in [0.1, 0.15) is 12.4 Å². The molecule has 1 aromatic rings. The molecule has 4 rings (SSSR count). The molecule has 3 fully saturated rings. The van der Waals surface area contributed by atoms with Crippen LogP contribution in [0.1, 0.15) is 120 Å². The molecule has 2 N–H and O–H groups in total. The molecule has 0 amide bonds. The highest BCUT2D eigenvalue weighted by atomic mass is 16.6. The molecule has 0 radical (unpaired) electrons. The highest BCUT2D eigenvalue weighted by Crippen LogP contribution is 2.47. The zero-order valence-corrected chi connectivity index (χ0v) is 26.4. The Morgan fingerprint density at radius 1 is 0.860 bits per heavy atom. The van der Waals surface area contributed by atoms with E-state index in [1.165, 1.54) is 68.9 Å². The van der Waals surface area contributed by atoms with Gasteiger partial charge in [0.15, 0.2) is 0 Å². The molecule has 3 aliphatic rings. The number of benzene rings is 1. The van der Waals surface area contributed by atoms with E-state index < -0.39 is 24.5 Å². The fraction of sp³-hybridized carbons (Fsp3) is 0.722. The number of aliphatic hydroxyl groups is 2. The van der Waals surface area contributed by atoms with Gasteiger partial charge < -0.3 is 24.4 Å². The average Bonchev–Trinajstić information content (AvgIpc) is 3.06. The first-order chi connectivity index (χ1) is 20.8. The van der Waals surface area contributed by atoms with Crippen LogP contribution >= 0.6 is 0 Å². The topological polar surface area (TPSA) is 102 Å². The molecule has 7 heteroatoms. The lowest BCUT2D eigenvalue weighted by Gasteiger charge is -2.39. The van der Waals surface area contributed by atoms with E-state index in [0.29, 0.717) is 24.2 Å². The number of ether oxygens (including phenoxy) is 3. The maximum Gasteiger partial charge on any atom is 0.335 e. The van der Waals surface area contributed by atoms with E-state index in [0.717, 1.165) is 43.4 Å². The van der Waals surface area contributed by atoms with Gasteiger partial charge >= 0.3 is 11.9 Å². The van der Waals surface area contributed by atoms with Gasteiger partial charge in [0.05, 0.1) is 37.4 Å². The van der Waals surface area contributed by atoms with Crippen molar-refractivity contribution in [1.82, 2.24) is 0 Å². The van der Waals surface area contributed by atoms with Crippen LogP contribution in [0, 0.1) is 23.7 Å². The second-order valence-electron chi connectivity index (χ2n) is 13.3. The molecule has 0 heterocycles. The highest BCUT2D eigenvalue weighted by Gasteiger charge is 2.33. The van der Waals surface area contributed by atoms with E-state index >= 15 is 0 Å². The van der Waals surface area contributed by atoms with Gasteiger partial charge in [0.25, 0.3) is 0 Å². The van der Waals surface area contributed by atoms with E-state index in [2.05, 4.69) is 25.6 Å². The Labute approximate surface area is 258 Å². The van der Waals surface area contributed by atoms with Crippen LogP contribution in [0.2, 0.25) is 0 Å². The van der Waals surface area contributed by atoms with Crippen LogP contribution in [-0.2, 0) is 19.1 Å². The molecular weight excluding hydrogens is 544 g/mol. The summed E-state index contributed by atoms with van der Waals surface area (Å²) in [6, 6.07) is 6.22. The smallest absolute Gasteiger partial charge is 0.335 e. The summed E-state index contributed by atoms with van der Waals surface area (Å²) in [5.41, 5.74) is 2.78. The van der Waals surface area contributed by atoms with Gasteiger partial charge in [-0.05, 0) is 124 Å². The number of aliphatic hydroxyl groups excluding tert-OH is 2. The van der Waals surface area contributed by atoms with E-state index in [1.807, 2.05) is 6.07 Å². The maximum absolute atomic E-state index is 12.5. The second-order valence-corrected chi connectivity index (χ2v) is 13.3. The first-order valence-electron chi connectivity index (χ1n) is 16.9. The second kappa shape index (κ2) is 16.7. The van der Waals surface area contributed by atoms with Gasteiger partial charge in [-0.1, -0.05) is 38.8 Å². The first kappa shape index (κ1) is 33.7. The van der Waals surface area contributed by atoms with Crippen LogP contribution in [0.15, 0.2) is 30.4 Å². The Morgan fingerprint density at radius 2 is 1.47 bits per heavy atom. The van der Waals surface area contributed by atoms with Crippen molar-refractivity contribution in [2.75, 3.05) is 26.4 Å². The average molecular weight is 599 g/mol. The van der Waals surface area contributed by atoms with E-state index in [-0.39, 0.29) is 24.9 Å². The Balaban J connectivity index is 1.37. The summed E-state index contributed by atoms with van der Waals surface area (Å²) in [6.45, 7) is 7.36. The van der Waals surface area contributed by atoms with Crippen molar-refractivity contribution in [1.29, 1.82) is 0 Å². The van der Waals surface area contributed by atoms with E-state index in [1.54, 1.807) is 6.92 Å². The molecule has 0 aliphatic heterocycles. The number of carbonyl (C=O) groups is 2. The lowest BCUT2D eigenvalue weighted by atomic mass is 9.67. The van der Waals surface area contributed by atoms with Crippen LogP contribution in [0.5, 0.6) is 5.75 Å². The molecule has 7 nitrogen and oxygen atoms in total. The summed E-state index contributed by atoms with van der Waals surface area (Å²) in [5, 5.41) is 18.4. The minimum absolute atomic E-state index is 0.0487. The van der Waals surface area contributed by atoms with Crippen molar-refractivity contribution in [3.63, 3.8) is 0 Å². The fourth-order valence-corrected chi connectivity index (χ4v) is 7.66. The van der Waals surface area contributed by atoms with Crippen molar-refractivity contribution in [2.24, 2.45) is 23.7 Å². The van der Waals surface area contributed by atoms with Gasteiger partial charge in [0, 0.05) is 0 Å². The Hall–Kier alpha value is -2.22. The predicted molar refractivity (Wildman–Crippen MR) is 167 cm³/mol. The van der Waals surface area contributed by atoms with Crippen LogP contribution in [0.4, 0.5) is 0 Å². The molecule has 0 saturated heterocycles. The van der Waals surface area contributed by atoms with Crippen LogP contribution in [0.3, 0.4) is 0 Å². The Bertz CT molecular complexity index is 1040. The molecule has 3 saturated carbocycles. The third kappa shape index (κ3) is 9.39. The van der Waals surface area contributed by atoms with Crippen molar-refractivity contribution in [2.45, 2.75) is 115 Å². The van der Waals surface area contributed by atoms with Gasteiger partial charge in [-0.15, -0.1) is 0 Å². The van der Waals surface area contributed by atoms with Gasteiger partial charge in [-0.3, -0.25) is 4.79 Å². The third-order valence-corrected chi connectivity index (χ3v) is 10.6. The quantitative estimate of drug-likeness (QED) is 0.111. The number of rotatable bonds is 13. The Morgan fingerprint density at radius 3 is 2.07 bits per heavy atom. The Kier molecular flexibility index (Phi) is 13.1. The summed E-state index contributed by atoms with van der Waals surface area (Å²) < 4.78 is 16.8. The maximum atomic E-state index is 12.5. The van der Waals surface area contributed by atoms with Crippen molar-refractivity contribution in [3.8, 4) is 5.75 Å². The molecule has 0 bridgehead atoms. The standard InChI is InChI=1S/C36H54O7/c1-4-26-5-7-27(8-6-26)28-9-11-30(12-10-28)34-21-32(43-36(40)25(3)23-38)17-18-33(34)29-13-15-31(16-14-29)41-19-20-42-35(39)24(2)22-37/h17-18,21,25-31,37-38H,2,4-16,19-20,22-23H2,1,3H3. The number of carbonyl (C=O) groups excluding carboxylic acids is 2. The third-order valence-electron chi connectivity index (χ3n) is 10.6. The summed E-state index contributed by atoms with van der Waals surface area (Å²) >= 11 is 0. The van der Waals surface area contributed by atoms with Gasteiger partial charge in [0.2, 0.25) is 0 Å². The van der Waals surface area contributed by atoms with Crippen molar-refractivity contribution in [3.05, 3.63) is 41.5 Å². The summed E-state index contributed by atoms with van der Waals surface area (Å²) in [5.74, 6) is 2.64. The number of hydrogen-bond donors (Lipinski definition) is 2. The lowest BCUT2D eigenvalue weighted by Crippen LogP contribution is -2.26. The number of hydrogen-bond acceptors (Lipinski definition) is 7. The molecule has 1 aromatic carbocycles. The monoisotopic (exact) mass is 598 g/mol. The minimum Gasteiger partial charge on any atom is -0.460 e. The fourth-order valence-electron chi connectivity index (χ4n) is 7.66. The highest BCUT2D eigenvalue weighted by molar-refractivity contribution is 5.87. The van der Waals surface area contributed by atoms with Crippen LogP contribution in [0.25, 0.3) is 0 Å². The van der Waals surface area contributed by atoms with Crippen LogP contribution < -0.4 is 4.74 Å². The molecule has 240 valence electrons. The minimum atomic E-state index is -0.583. The molecule has 0 aromatic heterocycles. The normalized spacial score (nSPS) is 28.6. The predicted octanol–water partition coefficient (Wildman–Crippen LogP) is 6.85. The zero-order valence-electron chi connectivity index (χ0n) is 26.4. The largest absolute Gasteiger partial charge is 0.460 e. The lowest BCUT2D eigenvalue weighted by molar-refractivity contribution is -0.142. The van der Waals surface area contributed by atoms with Gasteiger partial charge in [-0.2, -0.15) is 0 Å². The van der Waals surface area contributed by atoms with E-state index in [4.69, 9.17) is 19.3 Å². The van der Waals surface area contributed by atoms with Crippen molar-refractivity contribution >= 4 is 11.9 Å². The molecular formula is C36H54O7. The zero-order chi connectivity index (χ0) is 30.8. The van der Waals surface area contributed by atoms with Gasteiger partial charge in [-0.25, -0.2) is 4.79 Å². The molecule has 43 heavy (non-hydrogen) atoms. The first-order valence-corrected chi connectivity index (χ1v) is 16.9. The molecule has 1 unspecified atom stereocenters. The van der Waals surface area contributed by atoms with Crippen LogP contribution in [-0.4, -0.2) is 54.7 Å². The van der Waals surface area contributed by atoms with E-state index in [9.17, 15) is 14.7 Å². The number of esters is 2. The molecule has 1 atom stereocenters.